The summed E-state index contributed by atoms with van der Waals surface area (Å²) in [5.74, 6) is 0.195. The van der Waals surface area contributed by atoms with E-state index in [0.29, 0.717) is 30.8 Å². The van der Waals surface area contributed by atoms with Crippen LogP contribution in [-0.4, -0.2) is 56.3 Å². The van der Waals surface area contributed by atoms with E-state index < -0.39 is 16.8 Å². The van der Waals surface area contributed by atoms with Crippen LogP contribution in [0.5, 0.6) is 0 Å². The first-order valence-electron chi connectivity index (χ1n) is 6.58. The lowest BCUT2D eigenvalue weighted by Gasteiger charge is -2.30. The lowest BCUT2D eigenvalue weighted by molar-refractivity contribution is -0.138. The van der Waals surface area contributed by atoms with E-state index in [2.05, 4.69) is 5.32 Å². The second-order valence-corrected chi connectivity index (χ2v) is 6.55. The van der Waals surface area contributed by atoms with Crippen molar-refractivity contribution in [1.29, 1.82) is 0 Å². The van der Waals surface area contributed by atoms with Crippen LogP contribution < -0.4 is 5.32 Å². The van der Waals surface area contributed by atoms with Gasteiger partial charge in [0.15, 0.2) is 0 Å². The van der Waals surface area contributed by atoms with Crippen molar-refractivity contribution in [3.8, 4) is 0 Å². The minimum absolute atomic E-state index is 0.00514. The largest absolute Gasteiger partial charge is 0.480 e. The monoisotopic (exact) mass is 290 g/mol. The summed E-state index contributed by atoms with van der Waals surface area (Å²) in [4.78, 5) is 24.3. The molecule has 2 amide bonds. The van der Waals surface area contributed by atoms with Gasteiger partial charge in [0.25, 0.3) is 0 Å². The maximum atomic E-state index is 12.1. The van der Waals surface area contributed by atoms with Crippen molar-refractivity contribution in [2.75, 3.05) is 18.1 Å². The molecule has 0 saturated carbocycles. The third-order valence-electron chi connectivity index (χ3n) is 3.40. The fraction of sp³-hybridized carbons (Fsp3) is 0.833. The molecule has 1 atom stereocenters. The molecule has 0 radical (unpaired) electrons. The Hall–Kier alpha value is -1.11. The van der Waals surface area contributed by atoms with E-state index in [9.17, 15) is 13.8 Å². The molecule has 1 heterocycles. The number of amides is 2. The van der Waals surface area contributed by atoms with Crippen LogP contribution in [0.2, 0.25) is 0 Å². The van der Waals surface area contributed by atoms with E-state index in [-0.39, 0.29) is 24.7 Å². The predicted molar refractivity (Wildman–Crippen MR) is 73.5 cm³/mol. The lowest BCUT2D eigenvalue weighted by atomic mass is 10.1. The van der Waals surface area contributed by atoms with Gasteiger partial charge in [-0.2, -0.15) is 0 Å². The smallest absolute Gasteiger partial charge is 0.323 e. The van der Waals surface area contributed by atoms with Crippen LogP contribution in [0, 0.1) is 0 Å². The van der Waals surface area contributed by atoms with Crippen LogP contribution in [0.3, 0.4) is 0 Å². The van der Waals surface area contributed by atoms with Gasteiger partial charge in [0.1, 0.15) is 6.54 Å². The zero-order valence-electron chi connectivity index (χ0n) is 11.4. The standard InChI is InChI=1S/C12H22N2O4S/c1-3-9(2)14(8-11(15)16)12(17)13-10-4-6-19(18)7-5-10/h9-10H,3-8H2,1-2H3,(H,13,17)(H,15,16). The Morgan fingerprint density at radius 2 is 2.00 bits per heavy atom. The molecular formula is C12H22N2O4S. The van der Waals surface area contributed by atoms with Gasteiger partial charge in [-0.05, 0) is 26.2 Å². The average Bonchev–Trinajstić information content (AvgIpc) is 2.37. The Morgan fingerprint density at radius 1 is 1.42 bits per heavy atom. The van der Waals surface area contributed by atoms with Crippen molar-refractivity contribution in [1.82, 2.24) is 10.2 Å². The molecule has 2 N–H and O–H groups in total. The molecule has 0 aromatic carbocycles. The summed E-state index contributed by atoms with van der Waals surface area (Å²) in [5, 5.41) is 11.7. The SMILES string of the molecule is CCC(C)N(CC(=O)O)C(=O)NC1CCS(=O)CC1. The molecule has 19 heavy (non-hydrogen) atoms. The maximum absolute atomic E-state index is 12.1. The molecule has 0 bridgehead atoms. The molecule has 1 unspecified atom stereocenters. The molecule has 0 aromatic rings. The van der Waals surface area contributed by atoms with E-state index in [4.69, 9.17) is 5.11 Å². The number of hydrogen-bond donors (Lipinski definition) is 2. The molecule has 1 fully saturated rings. The molecule has 0 aliphatic carbocycles. The first-order chi connectivity index (χ1) is 8.93. The van der Waals surface area contributed by atoms with Gasteiger partial charge in [-0.25, -0.2) is 4.79 Å². The highest BCUT2D eigenvalue weighted by molar-refractivity contribution is 7.85. The summed E-state index contributed by atoms with van der Waals surface area (Å²) < 4.78 is 11.2. The number of carboxylic acids is 1. The number of carbonyl (C=O) groups excluding carboxylic acids is 1. The second-order valence-electron chi connectivity index (χ2n) is 4.85. The number of hydrogen-bond acceptors (Lipinski definition) is 3. The number of carbonyl (C=O) groups is 2. The Balaban J connectivity index is 2.56. The van der Waals surface area contributed by atoms with Crippen molar-refractivity contribution >= 4 is 22.8 Å². The van der Waals surface area contributed by atoms with E-state index in [0.717, 1.165) is 0 Å². The van der Waals surface area contributed by atoms with Gasteiger partial charge in [0, 0.05) is 34.4 Å². The Labute approximate surface area is 116 Å². The van der Waals surface area contributed by atoms with Crippen LogP contribution >= 0.6 is 0 Å². The minimum atomic E-state index is -1.01. The van der Waals surface area contributed by atoms with Gasteiger partial charge in [0.05, 0.1) is 0 Å². The summed E-state index contributed by atoms with van der Waals surface area (Å²) in [6.07, 6.45) is 2.09. The van der Waals surface area contributed by atoms with Crippen molar-refractivity contribution in [2.24, 2.45) is 0 Å². The van der Waals surface area contributed by atoms with E-state index in [1.807, 2.05) is 13.8 Å². The van der Waals surface area contributed by atoms with Crippen molar-refractivity contribution < 1.29 is 18.9 Å². The zero-order chi connectivity index (χ0) is 14.4. The van der Waals surface area contributed by atoms with E-state index in [1.54, 1.807) is 0 Å². The Morgan fingerprint density at radius 3 is 2.47 bits per heavy atom. The molecule has 0 spiro atoms. The predicted octanol–water partition coefficient (Wildman–Crippen LogP) is 0.792. The highest BCUT2D eigenvalue weighted by Gasteiger charge is 2.25. The van der Waals surface area contributed by atoms with Gasteiger partial charge in [0.2, 0.25) is 0 Å². The van der Waals surface area contributed by atoms with Crippen molar-refractivity contribution in [3.05, 3.63) is 0 Å². The third-order valence-corrected chi connectivity index (χ3v) is 4.79. The van der Waals surface area contributed by atoms with Gasteiger partial charge >= 0.3 is 12.0 Å². The Bertz CT molecular complexity index is 352. The number of aliphatic carboxylic acids is 1. The first kappa shape index (κ1) is 15.9. The van der Waals surface area contributed by atoms with Crippen molar-refractivity contribution in [2.45, 2.75) is 45.2 Å². The number of carboxylic acid groups (broad SMARTS) is 1. The number of nitrogens with one attached hydrogen (secondary N) is 1. The molecule has 7 heteroatoms. The van der Waals surface area contributed by atoms with Crippen LogP contribution in [0.25, 0.3) is 0 Å². The van der Waals surface area contributed by atoms with Crippen LogP contribution in [0.4, 0.5) is 4.79 Å². The fourth-order valence-electron chi connectivity index (χ4n) is 1.99. The molecule has 1 saturated heterocycles. The minimum Gasteiger partial charge on any atom is -0.480 e. The summed E-state index contributed by atoms with van der Waals surface area (Å²) >= 11 is 0. The zero-order valence-corrected chi connectivity index (χ0v) is 12.2. The summed E-state index contributed by atoms with van der Waals surface area (Å²) in [7, 11) is -0.765. The second kappa shape index (κ2) is 7.47. The third kappa shape index (κ3) is 5.18. The number of rotatable bonds is 5. The summed E-state index contributed by atoms with van der Waals surface area (Å²) in [6.45, 7) is 3.45. The average molecular weight is 290 g/mol. The molecule has 1 aliphatic heterocycles. The van der Waals surface area contributed by atoms with Gasteiger partial charge in [-0.15, -0.1) is 0 Å². The van der Waals surface area contributed by atoms with Crippen LogP contribution in [0.1, 0.15) is 33.1 Å². The molecule has 1 rings (SSSR count). The normalized spacial score (nSPS) is 24.5. The molecule has 110 valence electrons. The first-order valence-corrected chi connectivity index (χ1v) is 8.06. The fourth-order valence-corrected chi connectivity index (χ4v) is 3.29. The quantitative estimate of drug-likeness (QED) is 0.784. The van der Waals surface area contributed by atoms with Gasteiger partial charge in [-0.3, -0.25) is 9.00 Å². The van der Waals surface area contributed by atoms with Gasteiger partial charge < -0.3 is 15.3 Å². The topological polar surface area (TPSA) is 86.7 Å². The Kier molecular flexibility index (Phi) is 6.27. The lowest BCUT2D eigenvalue weighted by Crippen LogP contribution is -2.51. The van der Waals surface area contributed by atoms with Crippen LogP contribution in [-0.2, 0) is 15.6 Å². The number of nitrogens with zero attached hydrogens (tertiary/aromatic N) is 1. The highest BCUT2D eigenvalue weighted by atomic mass is 32.2. The molecular weight excluding hydrogens is 268 g/mol. The maximum Gasteiger partial charge on any atom is 0.323 e. The van der Waals surface area contributed by atoms with Crippen molar-refractivity contribution in [3.63, 3.8) is 0 Å². The summed E-state index contributed by atoms with van der Waals surface area (Å²) in [5.41, 5.74) is 0. The van der Waals surface area contributed by atoms with Crippen LogP contribution in [0.15, 0.2) is 0 Å². The number of urea groups is 1. The van der Waals surface area contributed by atoms with E-state index >= 15 is 0 Å². The van der Waals surface area contributed by atoms with E-state index in [1.165, 1.54) is 4.90 Å². The van der Waals surface area contributed by atoms with Gasteiger partial charge in [-0.1, -0.05) is 6.92 Å². The summed E-state index contributed by atoms with van der Waals surface area (Å²) in [6, 6.07) is -0.450. The highest BCUT2D eigenvalue weighted by Crippen LogP contribution is 2.11. The molecule has 1 aliphatic rings. The molecule has 0 aromatic heterocycles. The molecule has 6 nitrogen and oxygen atoms in total.